The number of nitrogens with zero attached hydrogens (tertiary/aromatic N) is 2. The minimum atomic E-state index is 0.522. The van der Waals surface area contributed by atoms with E-state index >= 15 is 0 Å². The van der Waals surface area contributed by atoms with Crippen LogP contribution in [-0.2, 0) is 0 Å². The van der Waals surface area contributed by atoms with Crippen LogP contribution in [0.1, 0.15) is 6.92 Å². The molecule has 2 rings (SSSR count). The van der Waals surface area contributed by atoms with Gasteiger partial charge in [0.05, 0.1) is 17.0 Å². The molecule has 4 nitrogen and oxygen atoms in total. The van der Waals surface area contributed by atoms with Crippen molar-refractivity contribution in [2.45, 2.75) is 6.92 Å². The molecule has 15 heavy (non-hydrogen) atoms. The Bertz CT molecular complexity index is 527. The van der Waals surface area contributed by atoms with Crippen LogP contribution in [0.2, 0.25) is 0 Å². The van der Waals surface area contributed by atoms with E-state index in [1.54, 1.807) is 13.0 Å². The molecule has 0 aliphatic carbocycles. The van der Waals surface area contributed by atoms with E-state index in [0.717, 1.165) is 16.6 Å². The van der Waals surface area contributed by atoms with E-state index in [0.29, 0.717) is 11.7 Å². The third kappa shape index (κ3) is 2.04. The van der Waals surface area contributed by atoms with Crippen molar-refractivity contribution in [1.29, 1.82) is 0 Å². The lowest BCUT2D eigenvalue weighted by Crippen LogP contribution is -2.03. The van der Waals surface area contributed by atoms with E-state index in [1.165, 1.54) is 0 Å². The predicted octanol–water partition coefficient (Wildman–Crippen LogP) is 1.83. The van der Waals surface area contributed by atoms with Gasteiger partial charge in [-0.15, -0.1) is 0 Å². The Hall–Kier alpha value is -2.10. The number of benzene rings is 1. The van der Waals surface area contributed by atoms with Crippen molar-refractivity contribution in [3.05, 3.63) is 30.3 Å². The smallest absolute Gasteiger partial charge is 0.124 e. The average Bonchev–Trinajstić information content (AvgIpc) is 2.17. The van der Waals surface area contributed by atoms with Crippen LogP contribution in [0.15, 0.2) is 35.3 Å². The van der Waals surface area contributed by atoms with Gasteiger partial charge in [-0.05, 0) is 37.3 Å². The van der Waals surface area contributed by atoms with Crippen molar-refractivity contribution in [3.63, 3.8) is 0 Å². The van der Waals surface area contributed by atoms with Gasteiger partial charge in [-0.2, -0.15) is 0 Å². The SMILES string of the molecule is CC(N)=Nc1ccc2nc(N)ccc2c1. The number of pyridine rings is 1. The Morgan fingerprint density at radius 1 is 1.27 bits per heavy atom. The highest BCUT2D eigenvalue weighted by Gasteiger charge is 1.97. The molecule has 0 bridgehead atoms. The number of rotatable bonds is 1. The van der Waals surface area contributed by atoms with Crippen molar-refractivity contribution in [2.75, 3.05) is 5.73 Å². The van der Waals surface area contributed by atoms with Gasteiger partial charge >= 0.3 is 0 Å². The van der Waals surface area contributed by atoms with Crippen molar-refractivity contribution < 1.29 is 0 Å². The first kappa shape index (κ1) is 9.45. The zero-order valence-corrected chi connectivity index (χ0v) is 8.44. The van der Waals surface area contributed by atoms with Gasteiger partial charge in [0.15, 0.2) is 0 Å². The molecule has 0 atom stereocenters. The Morgan fingerprint density at radius 3 is 2.80 bits per heavy atom. The van der Waals surface area contributed by atoms with Crippen molar-refractivity contribution in [3.8, 4) is 0 Å². The summed E-state index contributed by atoms with van der Waals surface area (Å²) in [5.41, 5.74) is 12.8. The number of aromatic nitrogens is 1. The van der Waals surface area contributed by atoms with Crippen LogP contribution in [-0.4, -0.2) is 10.8 Å². The Morgan fingerprint density at radius 2 is 2.07 bits per heavy atom. The van der Waals surface area contributed by atoms with Gasteiger partial charge in [-0.1, -0.05) is 0 Å². The van der Waals surface area contributed by atoms with Gasteiger partial charge in [0.1, 0.15) is 5.82 Å². The molecule has 0 saturated carbocycles. The number of nitrogens with two attached hydrogens (primary N) is 2. The maximum absolute atomic E-state index is 5.58. The predicted molar refractivity (Wildman–Crippen MR) is 63.1 cm³/mol. The topological polar surface area (TPSA) is 77.3 Å². The Labute approximate surface area is 87.6 Å². The normalized spacial score (nSPS) is 11.9. The molecule has 0 aliphatic heterocycles. The van der Waals surface area contributed by atoms with Crippen LogP contribution < -0.4 is 11.5 Å². The van der Waals surface area contributed by atoms with Gasteiger partial charge < -0.3 is 11.5 Å². The van der Waals surface area contributed by atoms with Crippen LogP contribution in [0.3, 0.4) is 0 Å². The summed E-state index contributed by atoms with van der Waals surface area (Å²) in [6, 6.07) is 9.37. The lowest BCUT2D eigenvalue weighted by Gasteiger charge is -2.00. The summed E-state index contributed by atoms with van der Waals surface area (Å²) < 4.78 is 0. The van der Waals surface area contributed by atoms with Gasteiger partial charge in [-0.3, -0.25) is 0 Å². The number of hydrogen-bond acceptors (Lipinski definition) is 3. The molecule has 0 fully saturated rings. The number of anilines is 1. The summed E-state index contributed by atoms with van der Waals surface area (Å²) in [7, 11) is 0. The first-order chi connectivity index (χ1) is 7.15. The van der Waals surface area contributed by atoms with Crippen LogP contribution in [0.5, 0.6) is 0 Å². The third-order valence-electron chi connectivity index (χ3n) is 2.00. The van der Waals surface area contributed by atoms with Crippen molar-refractivity contribution >= 4 is 28.2 Å². The Kier molecular flexibility index (Phi) is 2.25. The third-order valence-corrected chi connectivity index (χ3v) is 2.00. The zero-order valence-electron chi connectivity index (χ0n) is 8.44. The summed E-state index contributed by atoms with van der Waals surface area (Å²) in [6.07, 6.45) is 0. The van der Waals surface area contributed by atoms with Crippen molar-refractivity contribution in [2.24, 2.45) is 10.7 Å². The molecule has 4 N–H and O–H groups in total. The largest absolute Gasteiger partial charge is 0.387 e. The fraction of sp³-hybridized carbons (Fsp3) is 0.0909. The maximum atomic E-state index is 5.58. The summed E-state index contributed by atoms with van der Waals surface area (Å²) in [6.45, 7) is 1.76. The molecule has 0 unspecified atom stereocenters. The van der Waals surface area contributed by atoms with Crippen LogP contribution in [0, 0.1) is 0 Å². The molecule has 0 radical (unpaired) electrons. The molecule has 1 aromatic heterocycles. The highest BCUT2D eigenvalue weighted by molar-refractivity contribution is 5.86. The summed E-state index contributed by atoms with van der Waals surface area (Å²) in [4.78, 5) is 8.36. The molecular weight excluding hydrogens is 188 g/mol. The summed E-state index contributed by atoms with van der Waals surface area (Å²) >= 11 is 0. The minimum absolute atomic E-state index is 0.522. The van der Waals surface area contributed by atoms with E-state index in [1.807, 2.05) is 24.3 Å². The standard InChI is InChI=1S/C11H12N4/c1-7(12)14-9-3-4-10-8(6-9)2-5-11(13)15-10/h2-6H,1H3,(H2,12,14)(H2,13,15). The number of nitrogen functional groups attached to an aromatic ring is 1. The number of fused-ring (bicyclic) bond motifs is 1. The van der Waals surface area contributed by atoms with Gasteiger partial charge in [0.2, 0.25) is 0 Å². The second kappa shape index (κ2) is 3.57. The molecule has 0 saturated heterocycles. The molecule has 0 amide bonds. The molecule has 0 aliphatic rings. The van der Waals surface area contributed by atoms with Crippen molar-refractivity contribution in [1.82, 2.24) is 4.98 Å². The van der Waals surface area contributed by atoms with E-state index in [2.05, 4.69) is 9.98 Å². The quantitative estimate of drug-likeness (QED) is 0.544. The van der Waals surface area contributed by atoms with E-state index in [9.17, 15) is 0 Å². The van der Waals surface area contributed by atoms with Crippen LogP contribution >= 0.6 is 0 Å². The molecule has 4 heteroatoms. The van der Waals surface area contributed by atoms with Gasteiger partial charge in [0, 0.05) is 5.39 Å². The fourth-order valence-electron chi connectivity index (χ4n) is 1.40. The average molecular weight is 200 g/mol. The summed E-state index contributed by atoms with van der Waals surface area (Å²) in [5.74, 6) is 1.06. The van der Waals surface area contributed by atoms with Gasteiger partial charge in [-0.25, -0.2) is 9.98 Å². The highest BCUT2D eigenvalue weighted by atomic mass is 14.9. The first-order valence-corrected chi connectivity index (χ1v) is 4.62. The lowest BCUT2D eigenvalue weighted by atomic mass is 10.2. The number of amidine groups is 1. The van der Waals surface area contributed by atoms with E-state index in [4.69, 9.17) is 11.5 Å². The highest BCUT2D eigenvalue weighted by Crippen LogP contribution is 2.20. The minimum Gasteiger partial charge on any atom is -0.387 e. The van der Waals surface area contributed by atoms with E-state index < -0.39 is 0 Å². The summed E-state index contributed by atoms with van der Waals surface area (Å²) in [5, 5.41) is 1.01. The van der Waals surface area contributed by atoms with Crippen LogP contribution in [0.4, 0.5) is 11.5 Å². The molecule has 1 aromatic carbocycles. The first-order valence-electron chi connectivity index (χ1n) is 4.62. The number of aliphatic imine (C=N–C) groups is 1. The molecular formula is C11H12N4. The monoisotopic (exact) mass is 200 g/mol. The fourth-order valence-corrected chi connectivity index (χ4v) is 1.40. The maximum Gasteiger partial charge on any atom is 0.124 e. The molecule has 0 spiro atoms. The molecule has 1 heterocycles. The van der Waals surface area contributed by atoms with E-state index in [-0.39, 0.29) is 0 Å². The lowest BCUT2D eigenvalue weighted by molar-refractivity contribution is 1.40. The molecule has 2 aromatic rings. The second-order valence-corrected chi connectivity index (χ2v) is 3.37. The molecule has 76 valence electrons. The van der Waals surface area contributed by atoms with Gasteiger partial charge in [0.25, 0.3) is 0 Å². The Balaban J connectivity index is 2.57. The number of hydrogen-bond donors (Lipinski definition) is 2. The zero-order chi connectivity index (χ0) is 10.8. The second-order valence-electron chi connectivity index (χ2n) is 3.37. The van der Waals surface area contributed by atoms with Crippen LogP contribution in [0.25, 0.3) is 10.9 Å².